The number of aromatic nitrogens is 1. The number of hydrogen-bond acceptors (Lipinski definition) is 5. The van der Waals surface area contributed by atoms with Gasteiger partial charge in [0.25, 0.3) is 5.69 Å². The number of carbonyl (C=O) groups is 1. The van der Waals surface area contributed by atoms with Crippen LogP contribution in [0.2, 0.25) is 0 Å². The largest absolute Gasteiger partial charge is 0.478 e. The van der Waals surface area contributed by atoms with Gasteiger partial charge < -0.3 is 9.63 Å². The molecule has 1 heterocycles. The number of aryl methyl sites for hydroxylation is 2. The second-order valence-corrected chi connectivity index (χ2v) is 3.99. The summed E-state index contributed by atoms with van der Waals surface area (Å²) < 4.78 is 4.97. The van der Waals surface area contributed by atoms with Crippen LogP contribution in [0, 0.1) is 24.0 Å². The van der Waals surface area contributed by atoms with Crippen LogP contribution in [0.4, 0.5) is 5.69 Å². The molecule has 0 unspecified atom stereocenters. The Morgan fingerprint density at radius 1 is 1.42 bits per heavy atom. The topological polar surface area (TPSA) is 106 Å². The zero-order chi connectivity index (χ0) is 14.2. The molecular formula is C12H10N2O5. The summed E-state index contributed by atoms with van der Waals surface area (Å²) in [5.74, 6) is -0.745. The maximum absolute atomic E-state index is 11.2. The quantitative estimate of drug-likeness (QED) is 0.672. The van der Waals surface area contributed by atoms with Gasteiger partial charge in [-0.05, 0) is 19.9 Å². The number of carboxylic acid groups (broad SMARTS) is 1. The molecule has 19 heavy (non-hydrogen) atoms. The lowest BCUT2D eigenvalue weighted by Gasteiger charge is -2.05. The van der Waals surface area contributed by atoms with Crippen LogP contribution in [0.1, 0.15) is 21.8 Å². The van der Waals surface area contributed by atoms with Crippen LogP contribution in [0.5, 0.6) is 0 Å². The van der Waals surface area contributed by atoms with Crippen molar-refractivity contribution in [3.63, 3.8) is 0 Å². The van der Waals surface area contributed by atoms with Crippen molar-refractivity contribution in [3.8, 4) is 11.1 Å². The van der Waals surface area contributed by atoms with E-state index in [9.17, 15) is 14.9 Å². The minimum Gasteiger partial charge on any atom is -0.478 e. The number of non-ortho nitro benzene ring substituents is 1. The molecule has 0 fully saturated rings. The maximum Gasteiger partial charge on any atom is 0.336 e. The lowest BCUT2D eigenvalue weighted by atomic mass is 9.97. The molecule has 0 saturated carbocycles. The predicted molar refractivity (Wildman–Crippen MR) is 65.0 cm³/mol. The number of nitrogens with zero attached hydrogens (tertiary/aromatic N) is 2. The van der Waals surface area contributed by atoms with Crippen LogP contribution in [0.3, 0.4) is 0 Å². The van der Waals surface area contributed by atoms with Crippen LogP contribution in [0.15, 0.2) is 22.7 Å². The van der Waals surface area contributed by atoms with Gasteiger partial charge in [0.2, 0.25) is 0 Å². The number of nitro groups is 1. The number of nitro benzene ring substituents is 1. The highest BCUT2D eigenvalue weighted by molar-refractivity contribution is 5.97. The van der Waals surface area contributed by atoms with E-state index in [0.717, 1.165) is 6.07 Å². The first-order valence-electron chi connectivity index (χ1n) is 5.36. The van der Waals surface area contributed by atoms with Crippen molar-refractivity contribution in [3.05, 3.63) is 45.3 Å². The minimum atomic E-state index is -1.16. The molecule has 1 aromatic carbocycles. The number of rotatable bonds is 3. The van der Waals surface area contributed by atoms with E-state index in [2.05, 4.69) is 5.16 Å². The van der Waals surface area contributed by atoms with Crippen molar-refractivity contribution in [2.45, 2.75) is 13.8 Å². The number of hydrogen-bond donors (Lipinski definition) is 1. The average Bonchev–Trinajstić information content (AvgIpc) is 2.68. The first-order chi connectivity index (χ1) is 8.91. The first-order valence-corrected chi connectivity index (χ1v) is 5.36. The summed E-state index contributed by atoms with van der Waals surface area (Å²) in [6, 6.07) is 3.59. The lowest BCUT2D eigenvalue weighted by molar-refractivity contribution is -0.384. The molecule has 0 atom stereocenters. The molecule has 1 aromatic heterocycles. The van der Waals surface area contributed by atoms with Crippen molar-refractivity contribution in [1.29, 1.82) is 0 Å². The molecule has 0 aliphatic rings. The number of aromatic carboxylic acids is 1. The Morgan fingerprint density at radius 3 is 2.58 bits per heavy atom. The third-order valence-corrected chi connectivity index (χ3v) is 2.75. The van der Waals surface area contributed by atoms with Crippen LogP contribution >= 0.6 is 0 Å². The van der Waals surface area contributed by atoms with Gasteiger partial charge in [0.1, 0.15) is 5.76 Å². The van der Waals surface area contributed by atoms with E-state index in [1.54, 1.807) is 13.8 Å². The number of carboxylic acids is 1. The second kappa shape index (κ2) is 4.52. The average molecular weight is 262 g/mol. The summed E-state index contributed by atoms with van der Waals surface area (Å²) in [5, 5.41) is 23.7. The molecule has 0 aliphatic heterocycles. The smallest absolute Gasteiger partial charge is 0.336 e. The van der Waals surface area contributed by atoms with E-state index < -0.39 is 10.9 Å². The van der Waals surface area contributed by atoms with Crippen molar-refractivity contribution < 1.29 is 19.3 Å². The van der Waals surface area contributed by atoms with Crippen molar-refractivity contribution in [1.82, 2.24) is 5.16 Å². The lowest BCUT2D eigenvalue weighted by Crippen LogP contribution is -2.01. The monoisotopic (exact) mass is 262 g/mol. The zero-order valence-corrected chi connectivity index (χ0v) is 10.2. The second-order valence-electron chi connectivity index (χ2n) is 3.99. The van der Waals surface area contributed by atoms with Gasteiger partial charge in [-0.3, -0.25) is 10.1 Å². The van der Waals surface area contributed by atoms with Crippen molar-refractivity contribution in [2.75, 3.05) is 0 Å². The van der Waals surface area contributed by atoms with Crippen LogP contribution in [-0.4, -0.2) is 21.2 Å². The Balaban J connectivity index is 2.75. The summed E-state index contributed by atoms with van der Waals surface area (Å²) >= 11 is 0. The third-order valence-electron chi connectivity index (χ3n) is 2.75. The molecule has 2 aromatic rings. The van der Waals surface area contributed by atoms with Gasteiger partial charge in [0, 0.05) is 23.3 Å². The standard InChI is InChI=1S/C12H10N2O5/c1-6-11(7(2)19-13-6)10-5-8(14(17)18)3-4-9(10)12(15)16/h3-5H,1-2H3,(H,15,16). The molecule has 98 valence electrons. The van der Waals surface area contributed by atoms with Crippen LogP contribution in [-0.2, 0) is 0 Å². The number of benzene rings is 1. The molecule has 1 N–H and O–H groups in total. The predicted octanol–water partition coefficient (Wildman–Crippen LogP) is 2.56. The van der Waals surface area contributed by atoms with E-state index in [4.69, 9.17) is 9.63 Å². The minimum absolute atomic E-state index is 0.0278. The van der Waals surface area contributed by atoms with Crippen LogP contribution < -0.4 is 0 Å². The van der Waals surface area contributed by atoms with Gasteiger partial charge >= 0.3 is 5.97 Å². The summed E-state index contributed by atoms with van der Waals surface area (Å²) in [6.45, 7) is 3.27. The molecule has 0 amide bonds. The van der Waals surface area contributed by atoms with Gasteiger partial charge in [0.05, 0.1) is 16.2 Å². The van der Waals surface area contributed by atoms with Crippen LogP contribution in [0.25, 0.3) is 11.1 Å². The van der Waals surface area contributed by atoms with E-state index >= 15 is 0 Å². The fourth-order valence-electron chi connectivity index (χ4n) is 1.91. The Labute approximate surface area is 107 Å². The van der Waals surface area contributed by atoms with Crippen molar-refractivity contribution in [2.24, 2.45) is 0 Å². The Bertz CT molecular complexity index is 655. The molecule has 0 radical (unpaired) electrons. The van der Waals surface area contributed by atoms with E-state index in [0.29, 0.717) is 17.0 Å². The first kappa shape index (κ1) is 12.7. The van der Waals surface area contributed by atoms with Gasteiger partial charge in [-0.2, -0.15) is 0 Å². The summed E-state index contributed by atoms with van der Waals surface area (Å²) in [4.78, 5) is 21.4. The maximum atomic E-state index is 11.2. The fourth-order valence-corrected chi connectivity index (χ4v) is 1.91. The van der Waals surface area contributed by atoms with E-state index in [1.165, 1.54) is 12.1 Å². The molecule has 7 nitrogen and oxygen atoms in total. The molecule has 0 saturated heterocycles. The summed E-state index contributed by atoms with van der Waals surface area (Å²) in [5.41, 5.74) is 0.986. The molecule has 2 rings (SSSR count). The van der Waals surface area contributed by atoms with Gasteiger partial charge in [-0.15, -0.1) is 0 Å². The molecule has 7 heteroatoms. The Morgan fingerprint density at radius 2 is 2.11 bits per heavy atom. The van der Waals surface area contributed by atoms with Gasteiger partial charge in [-0.1, -0.05) is 5.16 Å². The third kappa shape index (κ3) is 2.17. The molecular weight excluding hydrogens is 252 g/mol. The van der Waals surface area contributed by atoms with E-state index in [-0.39, 0.29) is 16.8 Å². The van der Waals surface area contributed by atoms with Gasteiger partial charge in [-0.25, -0.2) is 4.79 Å². The Hall–Kier alpha value is -2.70. The van der Waals surface area contributed by atoms with Crippen molar-refractivity contribution >= 4 is 11.7 Å². The molecule has 0 bridgehead atoms. The van der Waals surface area contributed by atoms with E-state index in [1.807, 2.05) is 0 Å². The molecule has 0 spiro atoms. The highest BCUT2D eigenvalue weighted by Crippen LogP contribution is 2.32. The van der Waals surface area contributed by atoms with Gasteiger partial charge in [0.15, 0.2) is 0 Å². The summed E-state index contributed by atoms with van der Waals surface area (Å²) in [7, 11) is 0. The fraction of sp³-hybridized carbons (Fsp3) is 0.167. The highest BCUT2D eigenvalue weighted by atomic mass is 16.6. The summed E-state index contributed by atoms with van der Waals surface area (Å²) in [6.07, 6.45) is 0. The highest BCUT2D eigenvalue weighted by Gasteiger charge is 2.21. The Kier molecular flexibility index (Phi) is 3.04. The SMILES string of the molecule is Cc1noc(C)c1-c1cc([N+](=O)[O-])ccc1C(=O)O. The normalized spacial score (nSPS) is 10.4. The zero-order valence-electron chi connectivity index (χ0n) is 10.2. The molecule has 0 aliphatic carbocycles.